The monoisotopic (exact) mass is 311 g/mol. The molecule has 0 aromatic heterocycles. The van der Waals surface area contributed by atoms with Gasteiger partial charge in [0.2, 0.25) is 0 Å². The van der Waals surface area contributed by atoms with E-state index in [0.29, 0.717) is 5.56 Å². The molecule has 2 rings (SSSR count). The fraction of sp³-hybridized carbons (Fsp3) is 0.500. The highest BCUT2D eigenvalue weighted by Crippen LogP contribution is 2.21. The van der Waals surface area contributed by atoms with Crippen molar-refractivity contribution in [2.45, 2.75) is 44.8 Å². The highest BCUT2D eigenvalue weighted by atomic mass is 79.9. The van der Waals surface area contributed by atoms with Crippen molar-refractivity contribution in [2.24, 2.45) is 0 Å². The van der Waals surface area contributed by atoms with Crippen molar-refractivity contribution < 1.29 is 9.90 Å². The van der Waals surface area contributed by atoms with Crippen LogP contribution in [0.25, 0.3) is 0 Å². The van der Waals surface area contributed by atoms with E-state index < -0.39 is 0 Å². The van der Waals surface area contributed by atoms with Crippen LogP contribution in [0.15, 0.2) is 22.7 Å². The molecule has 4 heteroatoms. The van der Waals surface area contributed by atoms with Crippen molar-refractivity contribution in [1.82, 2.24) is 5.32 Å². The molecule has 1 aromatic rings. The van der Waals surface area contributed by atoms with Gasteiger partial charge in [-0.2, -0.15) is 0 Å². The van der Waals surface area contributed by atoms with Crippen LogP contribution in [-0.2, 0) is 0 Å². The maximum absolute atomic E-state index is 12.1. The predicted octanol–water partition coefficient (Wildman–Crippen LogP) is 2.79. The van der Waals surface area contributed by atoms with Gasteiger partial charge in [-0.1, -0.05) is 6.07 Å². The molecule has 18 heavy (non-hydrogen) atoms. The van der Waals surface area contributed by atoms with Crippen molar-refractivity contribution in [1.29, 1.82) is 0 Å². The number of carbonyl (C=O) groups is 1. The molecule has 1 aliphatic rings. The lowest BCUT2D eigenvalue weighted by molar-refractivity contribution is 0.0867. The highest BCUT2D eigenvalue weighted by Gasteiger charge is 2.21. The van der Waals surface area contributed by atoms with Gasteiger partial charge in [0.1, 0.15) is 0 Å². The zero-order chi connectivity index (χ0) is 13.1. The Labute approximate surface area is 116 Å². The van der Waals surface area contributed by atoms with E-state index in [9.17, 15) is 9.90 Å². The van der Waals surface area contributed by atoms with E-state index in [-0.39, 0.29) is 18.1 Å². The van der Waals surface area contributed by atoms with E-state index in [1.54, 1.807) is 0 Å². The van der Waals surface area contributed by atoms with Gasteiger partial charge in [0.15, 0.2) is 0 Å². The van der Waals surface area contributed by atoms with Gasteiger partial charge in [0.05, 0.1) is 11.7 Å². The summed E-state index contributed by atoms with van der Waals surface area (Å²) >= 11 is 3.42. The van der Waals surface area contributed by atoms with Gasteiger partial charge in [-0.05, 0) is 66.2 Å². The Bertz CT molecular complexity index is 439. The Morgan fingerprint density at radius 3 is 2.61 bits per heavy atom. The molecule has 1 saturated carbocycles. The Morgan fingerprint density at radius 1 is 1.33 bits per heavy atom. The molecule has 1 aliphatic carbocycles. The molecule has 0 bridgehead atoms. The number of hydrogen-bond acceptors (Lipinski definition) is 2. The standard InChI is InChI=1S/C14H18BrNO2/c1-9-2-7-12(13(15)8-9)14(18)16-10-3-5-11(17)6-4-10/h2,7-8,10-11,17H,3-6H2,1H3,(H,16,18). The van der Waals surface area contributed by atoms with Gasteiger partial charge in [-0.25, -0.2) is 0 Å². The number of hydrogen-bond donors (Lipinski definition) is 2. The first-order valence-electron chi connectivity index (χ1n) is 6.31. The third kappa shape index (κ3) is 3.33. The smallest absolute Gasteiger partial charge is 0.252 e. The maximum Gasteiger partial charge on any atom is 0.252 e. The molecule has 3 nitrogen and oxygen atoms in total. The van der Waals surface area contributed by atoms with Crippen molar-refractivity contribution in [2.75, 3.05) is 0 Å². The van der Waals surface area contributed by atoms with E-state index in [1.165, 1.54) is 0 Å². The molecule has 1 amide bonds. The molecule has 0 atom stereocenters. The summed E-state index contributed by atoms with van der Waals surface area (Å²) in [7, 11) is 0. The number of rotatable bonds is 2. The second-order valence-electron chi connectivity index (χ2n) is 4.96. The lowest BCUT2D eigenvalue weighted by Gasteiger charge is -2.26. The number of carbonyl (C=O) groups excluding carboxylic acids is 1. The fourth-order valence-electron chi connectivity index (χ4n) is 2.29. The minimum absolute atomic E-state index is 0.0386. The van der Waals surface area contributed by atoms with Crippen LogP contribution in [0.2, 0.25) is 0 Å². The SMILES string of the molecule is Cc1ccc(C(=O)NC2CCC(O)CC2)c(Br)c1. The van der Waals surface area contributed by atoms with Crippen LogP contribution in [-0.4, -0.2) is 23.2 Å². The summed E-state index contributed by atoms with van der Waals surface area (Å²) in [4.78, 5) is 12.1. The molecular formula is C14H18BrNO2. The first kappa shape index (κ1) is 13.6. The minimum Gasteiger partial charge on any atom is -0.393 e. The summed E-state index contributed by atoms with van der Waals surface area (Å²) in [5.41, 5.74) is 1.80. The second kappa shape index (κ2) is 5.85. The average molecular weight is 312 g/mol. The van der Waals surface area contributed by atoms with Crippen LogP contribution in [0.1, 0.15) is 41.6 Å². The van der Waals surface area contributed by atoms with Gasteiger partial charge < -0.3 is 10.4 Å². The maximum atomic E-state index is 12.1. The van der Waals surface area contributed by atoms with Crippen LogP contribution in [0, 0.1) is 6.92 Å². The molecule has 2 N–H and O–H groups in total. The van der Waals surface area contributed by atoms with E-state index in [1.807, 2.05) is 25.1 Å². The average Bonchev–Trinajstić information content (AvgIpc) is 2.32. The molecule has 0 spiro atoms. The van der Waals surface area contributed by atoms with Gasteiger partial charge in [-0.3, -0.25) is 4.79 Å². The van der Waals surface area contributed by atoms with Gasteiger partial charge >= 0.3 is 0 Å². The molecule has 1 aromatic carbocycles. The summed E-state index contributed by atoms with van der Waals surface area (Å²) in [5, 5.41) is 12.5. The zero-order valence-corrected chi connectivity index (χ0v) is 12.0. The zero-order valence-electron chi connectivity index (χ0n) is 10.4. The normalized spacial score (nSPS) is 23.7. The number of halogens is 1. The topological polar surface area (TPSA) is 49.3 Å². The quantitative estimate of drug-likeness (QED) is 0.882. The third-order valence-electron chi connectivity index (χ3n) is 3.40. The highest BCUT2D eigenvalue weighted by molar-refractivity contribution is 9.10. The number of amides is 1. The summed E-state index contributed by atoms with van der Waals surface area (Å²) < 4.78 is 0.829. The van der Waals surface area contributed by atoms with Crippen LogP contribution < -0.4 is 5.32 Å². The summed E-state index contributed by atoms with van der Waals surface area (Å²) in [6, 6.07) is 5.91. The molecular weight excluding hydrogens is 294 g/mol. The van der Waals surface area contributed by atoms with E-state index in [0.717, 1.165) is 35.7 Å². The van der Waals surface area contributed by atoms with Crippen molar-refractivity contribution in [3.63, 3.8) is 0 Å². The minimum atomic E-state index is -0.190. The number of aliphatic hydroxyl groups excluding tert-OH is 1. The van der Waals surface area contributed by atoms with E-state index in [2.05, 4.69) is 21.2 Å². The Kier molecular flexibility index (Phi) is 4.40. The van der Waals surface area contributed by atoms with E-state index in [4.69, 9.17) is 0 Å². The Balaban J connectivity index is 1.99. The van der Waals surface area contributed by atoms with Crippen molar-refractivity contribution in [3.05, 3.63) is 33.8 Å². The molecule has 0 heterocycles. The van der Waals surface area contributed by atoms with Crippen LogP contribution in [0.5, 0.6) is 0 Å². The lowest BCUT2D eigenvalue weighted by atomic mass is 9.93. The molecule has 0 saturated heterocycles. The lowest BCUT2D eigenvalue weighted by Crippen LogP contribution is -2.38. The third-order valence-corrected chi connectivity index (χ3v) is 4.06. The largest absolute Gasteiger partial charge is 0.393 e. The van der Waals surface area contributed by atoms with Gasteiger partial charge in [-0.15, -0.1) is 0 Å². The van der Waals surface area contributed by atoms with Crippen molar-refractivity contribution >= 4 is 21.8 Å². The first-order chi connectivity index (χ1) is 8.56. The molecule has 0 radical (unpaired) electrons. The number of aryl methyl sites for hydroxylation is 1. The van der Waals surface area contributed by atoms with Crippen molar-refractivity contribution in [3.8, 4) is 0 Å². The van der Waals surface area contributed by atoms with Crippen LogP contribution in [0.4, 0.5) is 0 Å². The number of aliphatic hydroxyl groups is 1. The first-order valence-corrected chi connectivity index (χ1v) is 7.10. The summed E-state index contributed by atoms with van der Waals surface area (Å²) in [5.74, 6) is -0.0386. The van der Waals surface area contributed by atoms with E-state index >= 15 is 0 Å². The van der Waals surface area contributed by atoms with Gasteiger partial charge in [0, 0.05) is 10.5 Å². The molecule has 98 valence electrons. The molecule has 0 aliphatic heterocycles. The molecule has 0 unspecified atom stereocenters. The Morgan fingerprint density at radius 2 is 2.00 bits per heavy atom. The second-order valence-corrected chi connectivity index (χ2v) is 5.82. The summed E-state index contributed by atoms with van der Waals surface area (Å²) in [6.07, 6.45) is 3.08. The predicted molar refractivity (Wildman–Crippen MR) is 74.6 cm³/mol. The number of benzene rings is 1. The number of nitrogens with one attached hydrogen (secondary N) is 1. The Hall–Kier alpha value is -0.870. The fourth-order valence-corrected chi connectivity index (χ4v) is 2.96. The van der Waals surface area contributed by atoms with Gasteiger partial charge in [0.25, 0.3) is 5.91 Å². The summed E-state index contributed by atoms with van der Waals surface area (Å²) in [6.45, 7) is 2.00. The molecule has 1 fully saturated rings. The van der Waals surface area contributed by atoms with Crippen LogP contribution in [0.3, 0.4) is 0 Å². The van der Waals surface area contributed by atoms with Crippen LogP contribution >= 0.6 is 15.9 Å².